The number of hydrogen-bond acceptors (Lipinski definition) is 4. The molecule has 5 nitrogen and oxygen atoms in total. The van der Waals surface area contributed by atoms with Crippen LogP contribution in [0.15, 0.2) is 12.7 Å². The Balaban J connectivity index is 3.07. The van der Waals surface area contributed by atoms with Crippen molar-refractivity contribution in [3.63, 3.8) is 0 Å². The minimum atomic E-state index is -1.19. The number of aliphatic hydroxyl groups is 1. The van der Waals surface area contributed by atoms with Crippen molar-refractivity contribution in [2.24, 2.45) is 0 Å². The Morgan fingerprint density at radius 1 is 1.61 bits per heavy atom. The van der Waals surface area contributed by atoms with Crippen molar-refractivity contribution < 1.29 is 14.6 Å². The fourth-order valence-electron chi connectivity index (χ4n) is 1.57. The smallest absolute Gasteiger partial charge is 0.357 e. The molecule has 0 aliphatic heterocycles. The Morgan fingerprint density at radius 2 is 2.28 bits per heavy atom. The van der Waals surface area contributed by atoms with Crippen molar-refractivity contribution in [2.75, 3.05) is 6.61 Å². The molecule has 1 aromatic heterocycles. The third kappa shape index (κ3) is 3.43. The lowest BCUT2D eigenvalue weighted by Gasteiger charge is -2.15. The van der Waals surface area contributed by atoms with Crippen LogP contribution in [0.1, 0.15) is 49.2 Å². The topological polar surface area (TPSA) is 75.2 Å². The molecule has 0 radical (unpaired) electrons. The summed E-state index contributed by atoms with van der Waals surface area (Å²) >= 11 is 0. The third-order valence-corrected chi connectivity index (χ3v) is 2.36. The molecule has 18 heavy (non-hydrogen) atoms. The molecule has 0 aromatic carbocycles. The molecule has 0 spiro atoms. The van der Waals surface area contributed by atoms with Crippen molar-refractivity contribution >= 4 is 5.97 Å². The molecule has 0 amide bonds. The van der Waals surface area contributed by atoms with Gasteiger partial charge in [-0.05, 0) is 20.3 Å². The van der Waals surface area contributed by atoms with Crippen LogP contribution < -0.4 is 0 Å². The minimum Gasteiger partial charge on any atom is -0.457 e. The van der Waals surface area contributed by atoms with Crippen LogP contribution in [0.25, 0.3) is 0 Å². The molecule has 0 unspecified atom stereocenters. The van der Waals surface area contributed by atoms with Crippen LogP contribution in [0, 0.1) is 0 Å². The molecular formula is C13H20N2O3. The minimum absolute atomic E-state index is 0.131. The normalized spacial score (nSPS) is 11.3. The monoisotopic (exact) mass is 252 g/mol. The number of H-pyrrole nitrogens is 1. The number of nitrogens with zero attached hydrogens (tertiary/aromatic N) is 1. The summed E-state index contributed by atoms with van der Waals surface area (Å²) in [5, 5.41) is 10.0. The highest BCUT2D eigenvalue weighted by Gasteiger charge is 2.28. The van der Waals surface area contributed by atoms with E-state index < -0.39 is 11.6 Å². The van der Waals surface area contributed by atoms with Crippen LogP contribution >= 0.6 is 0 Å². The third-order valence-electron chi connectivity index (χ3n) is 2.36. The molecule has 1 rings (SSSR count). The van der Waals surface area contributed by atoms with Gasteiger partial charge in [0, 0.05) is 6.42 Å². The zero-order chi connectivity index (χ0) is 13.8. The predicted octanol–water partition coefficient (Wildman–Crippen LogP) is 1.93. The summed E-state index contributed by atoms with van der Waals surface area (Å²) in [6.45, 7) is 8.80. The fraction of sp³-hybridized carbons (Fsp3) is 0.538. The zero-order valence-electron chi connectivity index (χ0n) is 11.1. The maximum atomic E-state index is 11.8. The first-order valence-corrected chi connectivity index (χ1v) is 5.99. The molecule has 0 bridgehead atoms. The Labute approximate surface area is 107 Å². The number of hydrogen-bond donors (Lipinski definition) is 2. The van der Waals surface area contributed by atoms with E-state index in [-0.39, 0.29) is 12.3 Å². The van der Waals surface area contributed by atoms with E-state index in [0.717, 1.165) is 12.8 Å². The summed E-state index contributed by atoms with van der Waals surface area (Å²) in [7, 11) is 0. The molecular weight excluding hydrogens is 232 g/mol. The van der Waals surface area contributed by atoms with Gasteiger partial charge in [-0.3, -0.25) is 0 Å². The fourth-order valence-corrected chi connectivity index (χ4v) is 1.57. The lowest BCUT2D eigenvalue weighted by Crippen LogP contribution is -2.21. The first-order valence-electron chi connectivity index (χ1n) is 5.99. The van der Waals surface area contributed by atoms with E-state index in [0.29, 0.717) is 11.5 Å². The first-order chi connectivity index (χ1) is 8.40. The van der Waals surface area contributed by atoms with Crippen molar-refractivity contribution in [3.05, 3.63) is 29.9 Å². The molecule has 0 fully saturated rings. The van der Waals surface area contributed by atoms with Gasteiger partial charge in [0.1, 0.15) is 23.7 Å². The second-order valence-corrected chi connectivity index (χ2v) is 4.60. The predicted molar refractivity (Wildman–Crippen MR) is 68.3 cm³/mol. The molecule has 5 heteroatoms. The molecule has 0 atom stereocenters. The lowest BCUT2D eigenvalue weighted by atomic mass is 10.0. The van der Waals surface area contributed by atoms with Crippen molar-refractivity contribution in [1.82, 2.24) is 9.97 Å². The van der Waals surface area contributed by atoms with E-state index in [4.69, 9.17) is 4.74 Å². The van der Waals surface area contributed by atoms with Gasteiger partial charge in [0.05, 0.1) is 0 Å². The standard InChI is InChI=1S/C13H20N2O3/c1-5-7-9-14-10(12(16)18-8-6-2)11(15-9)13(3,4)17/h6,17H,2,5,7-8H2,1,3-4H3,(H,14,15). The van der Waals surface area contributed by atoms with Crippen molar-refractivity contribution in [2.45, 2.75) is 39.2 Å². The average Bonchev–Trinajstić information content (AvgIpc) is 2.70. The van der Waals surface area contributed by atoms with Crippen LogP contribution in [-0.4, -0.2) is 27.7 Å². The molecule has 0 saturated carbocycles. The highest BCUT2D eigenvalue weighted by molar-refractivity contribution is 5.89. The Hall–Kier alpha value is -1.62. The summed E-state index contributed by atoms with van der Waals surface area (Å²) < 4.78 is 4.97. The second kappa shape index (κ2) is 5.82. The number of aryl methyl sites for hydroxylation is 1. The molecule has 1 aromatic rings. The van der Waals surface area contributed by atoms with Crippen LogP contribution in [0.5, 0.6) is 0 Å². The van der Waals surface area contributed by atoms with Gasteiger partial charge in [-0.2, -0.15) is 0 Å². The van der Waals surface area contributed by atoms with Gasteiger partial charge < -0.3 is 14.8 Å². The SMILES string of the molecule is C=CCOC(=O)c1[nH]c(CCC)nc1C(C)(C)O. The molecule has 100 valence electrons. The maximum Gasteiger partial charge on any atom is 0.357 e. The van der Waals surface area contributed by atoms with Gasteiger partial charge in [0.15, 0.2) is 5.69 Å². The molecule has 0 aliphatic rings. The van der Waals surface area contributed by atoms with Gasteiger partial charge in [0.2, 0.25) is 0 Å². The lowest BCUT2D eigenvalue weighted by molar-refractivity contribution is 0.0496. The van der Waals surface area contributed by atoms with Crippen LogP contribution in [-0.2, 0) is 16.8 Å². The van der Waals surface area contributed by atoms with Gasteiger partial charge in [-0.15, -0.1) is 0 Å². The summed E-state index contributed by atoms with van der Waals surface area (Å²) in [4.78, 5) is 19.0. The van der Waals surface area contributed by atoms with Crippen molar-refractivity contribution in [1.29, 1.82) is 0 Å². The number of aromatic nitrogens is 2. The molecule has 2 N–H and O–H groups in total. The second-order valence-electron chi connectivity index (χ2n) is 4.60. The number of rotatable bonds is 6. The molecule has 0 aliphatic carbocycles. The quantitative estimate of drug-likeness (QED) is 0.599. The summed E-state index contributed by atoms with van der Waals surface area (Å²) in [5.74, 6) is 0.155. The van der Waals surface area contributed by atoms with E-state index in [2.05, 4.69) is 16.5 Å². The molecule has 0 saturated heterocycles. The number of aromatic amines is 1. The largest absolute Gasteiger partial charge is 0.457 e. The zero-order valence-corrected chi connectivity index (χ0v) is 11.1. The van der Waals surface area contributed by atoms with E-state index >= 15 is 0 Å². The number of nitrogens with one attached hydrogen (secondary N) is 1. The van der Waals surface area contributed by atoms with Crippen LogP contribution in [0.2, 0.25) is 0 Å². The number of carbonyl (C=O) groups excluding carboxylic acids is 1. The Kier molecular flexibility index (Phi) is 4.67. The number of esters is 1. The van der Waals surface area contributed by atoms with E-state index in [1.54, 1.807) is 13.8 Å². The van der Waals surface area contributed by atoms with Gasteiger partial charge in [-0.1, -0.05) is 19.6 Å². The number of ether oxygens (including phenoxy) is 1. The van der Waals surface area contributed by atoms with Crippen LogP contribution in [0.4, 0.5) is 0 Å². The first kappa shape index (κ1) is 14.4. The maximum absolute atomic E-state index is 11.8. The van der Waals surface area contributed by atoms with E-state index in [1.165, 1.54) is 6.08 Å². The van der Waals surface area contributed by atoms with E-state index in [9.17, 15) is 9.90 Å². The number of imidazole rings is 1. The number of carbonyl (C=O) groups is 1. The Morgan fingerprint density at radius 3 is 2.78 bits per heavy atom. The highest BCUT2D eigenvalue weighted by atomic mass is 16.5. The summed E-state index contributed by atoms with van der Waals surface area (Å²) in [6, 6.07) is 0. The van der Waals surface area contributed by atoms with Crippen LogP contribution in [0.3, 0.4) is 0 Å². The van der Waals surface area contributed by atoms with Crippen molar-refractivity contribution in [3.8, 4) is 0 Å². The highest BCUT2D eigenvalue weighted by Crippen LogP contribution is 2.22. The molecule has 1 heterocycles. The van der Waals surface area contributed by atoms with Gasteiger partial charge in [-0.25, -0.2) is 9.78 Å². The summed E-state index contributed by atoms with van der Waals surface area (Å²) in [5.41, 5.74) is -0.654. The Bertz CT molecular complexity index is 430. The van der Waals surface area contributed by atoms with Gasteiger partial charge >= 0.3 is 5.97 Å². The van der Waals surface area contributed by atoms with E-state index in [1.807, 2.05) is 6.92 Å². The summed E-state index contributed by atoms with van der Waals surface area (Å²) in [6.07, 6.45) is 3.11. The van der Waals surface area contributed by atoms with Gasteiger partial charge in [0.25, 0.3) is 0 Å². The average molecular weight is 252 g/mol.